The summed E-state index contributed by atoms with van der Waals surface area (Å²) in [5.74, 6) is -0.415. The van der Waals surface area contributed by atoms with E-state index in [1.807, 2.05) is 6.92 Å². The molecule has 1 rings (SSSR count). The molecule has 0 aromatic rings. The molecule has 0 aromatic heterocycles. The Morgan fingerprint density at radius 3 is 2.54 bits per heavy atom. The number of esters is 1. The third-order valence-corrected chi connectivity index (χ3v) is 2.66. The van der Waals surface area contributed by atoms with Gasteiger partial charge in [-0.25, -0.2) is 0 Å². The van der Waals surface area contributed by atoms with Gasteiger partial charge in [-0.2, -0.15) is 5.26 Å². The van der Waals surface area contributed by atoms with Gasteiger partial charge in [-0.1, -0.05) is 6.92 Å². The summed E-state index contributed by atoms with van der Waals surface area (Å²) >= 11 is 0. The van der Waals surface area contributed by atoms with Gasteiger partial charge in [0.15, 0.2) is 0 Å². The van der Waals surface area contributed by atoms with Crippen LogP contribution in [0.4, 0.5) is 0 Å². The van der Waals surface area contributed by atoms with Crippen LogP contribution >= 0.6 is 0 Å². The second-order valence-corrected chi connectivity index (χ2v) is 3.48. The molecule has 3 nitrogen and oxygen atoms in total. The second-order valence-electron chi connectivity index (χ2n) is 3.48. The highest BCUT2D eigenvalue weighted by atomic mass is 16.5. The van der Waals surface area contributed by atoms with Crippen LogP contribution in [0, 0.1) is 22.7 Å². The lowest BCUT2D eigenvalue weighted by Crippen LogP contribution is -2.25. The normalized spacial score (nSPS) is 20.1. The summed E-state index contributed by atoms with van der Waals surface area (Å²) in [6.07, 6.45) is 2.40. The van der Waals surface area contributed by atoms with Crippen LogP contribution in [0.3, 0.4) is 0 Å². The van der Waals surface area contributed by atoms with Crippen molar-refractivity contribution in [2.75, 3.05) is 6.61 Å². The van der Waals surface area contributed by atoms with E-state index in [4.69, 9.17) is 10.00 Å². The molecule has 72 valence electrons. The Balaban J connectivity index is 2.63. The average Bonchev–Trinajstić information content (AvgIpc) is 2.87. The van der Waals surface area contributed by atoms with Crippen molar-refractivity contribution in [1.82, 2.24) is 0 Å². The van der Waals surface area contributed by atoms with Crippen molar-refractivity contribution in [2.24, 2.45) is 11.3 Å². The van der Waals surface area contributed by atoms with Crippen molar-refractivity contribution >= 4 is 5.97 Å². The monoisotopic (exact) mass is 181 g/mol. The number of nitriles is 1. The Kier molecular flexibility index (Phi) is 2.92. The topological polar surface area (TPSA) is 50.1 Å². The molecule has 13 heavy (non-hydrogen) atoms. The lowest BCUT2D eigenvalue weighted by molar-refractivity contribution is -0.149. The van der Waals surface area contributed by atoms with Gasteiger partial charge < -0.3 is 4.74 Å². The minimum atomic E-state index is -0.388. The number of hydrogen-bond acceptors (Lipinski definition) is 3. The number of ether oxygens (including phenoxy) is 1. The lowest BCUT2D eigenvalue weighted by Gasteiger charge is -2.17. The zero-order valence-corrected chi connectivity index (χ0v) is 8.17. The van der Waals surface area contributed by atoms with Crippen LogP contribution in [-0.2, 0) is 9.53 Å². The van der Waals surface area contributed by atoms with Crippen LogP contribution in [-0.4, -0.2) is 12.6 Å². The van der Waals surface area contributed by atoms with Crippen LogP contribution < -0.4 is 0 Å². The largest absolute Gasteiger partial charge is 0.466 e. The third-order valence-electron chi connectivity index (χ3n) is 2.66. The summed E-state index contributed by atoms with van der Waals surface area (Å²) in [6.45, 7) is 4.12. The molecule has 1 aliphatic carbocycles. The maximum absolute atomic E-state index is 11.4. The Labute approximate surface area is 78.7 Å². The Hall–Kier alpha value is -1.04. The van der Waals surface area contributed by atoms with Gasteiger partial charge >= 0.3 is 5.97 Å². The summed E-state index contributed by atoms with van der Waals surface area (Å²) in [5, 5.41) is 8.92. The van der Waals surface area contributed by atoms with E-state index in [-0.39, 0.29) is 17.3 Å². The first-order valence-electron chi connectivity index (χ1n) is 4.78. The molecule has 0 amide bonds. The fraction of sp³-hybridized carbons (Fsp3) is 0.800. The first-order chi connectivity index (χ1) is 6.20. The zero-order chi connectivity index (χ0) is 9.90. The molecule has 1 unspecified atom stereocenters. The molecule has 1 atom stereocenters. The van der Waals surface area contributed by atoms with Crippen molar-refractivity contribution in [3.8, 4) is 6.07 Å². The summed E-state index contributed by atoms with van der Waals surface area (Å²) in [7, 11) is 0. The van der Waals surface area contributed by atoms with E-state index in [1.54, 1.807) is 6.92 Å². The molecule has 0 aromatic carbocycles. The highest BCUT2D eigenvalue weighted by molar-refractivity contribution is 5.74. The van der Waals surface area contributed by atoms with Gasteiger partial charge in [0, 0.05) is 0 Å². The minimum Gasteiger partial charge on any atom is -0.466 e. The van der Waals surface area contributed by atoms with Crippen molar-refractivity contribution in [2.45, 2.75) is 33.1 Å². The van der Waals surface area contributed by atoms with Gasteiger partial charge in [-0.3, -0.25) is 4.79 Å². The van der Waals surface area contributed by atoms with Crippen LogP contribution in [0.1, 0.15) is 33.1 Å². The molecule has 1 saturated carbocycles. The van der Waals surface area contributed by atoms with Gasteiger partial charge in [0.25, 0.3) is 0 Å². The number of nitrogens with zero attached hydrogens (tertiary/aromatic N) is 1. The summed E-state index contributed by atoms with van der Waals surface area (Å²) in [6, 6.07) is 2.24. The van der Waals surface area contributed by atoms with E-state index in [1.165, 1.54) is 0 Å². The van der Waals surface area contributed by atoms with Crippen molar-refractivity contribution in [1.29, 1.82) is 5.26 Å². The lowest BCUT2D eigenvalue weighted by atomic mass is 9.88. The van der Waals surface area contributed by atoms with E-state index < -0.39 is 0 Å². The fourth-order valence-corrected chi connectivity index (χ4v) is 1.70. The molecule has 1 fully saturated rings. The predicted molar refractivity (Wildman–Crippen MR) is 47.7 cm³/mol. The Morgan fingerprint density at radius 1 is 1.62 bits per heavy atom. The van der Waals surface area contributed by atoms with Gasteiger partial charge in [0.1, 0.15) is 0 Å². The van der Waals surface area contributed by atoms with Crippen LogP contribution in [0.25, 0.3) is 0 Å². The summed E-state index contributed by atoms with van der Waals surface area (Å²) < 4.78 is 4.93. The van der Waals surface area contributed by atoms with Gasteiger partial charge in [-0.05, 0) is 26.2 Å². The molecule has 0 radical (unpaired) electrons. The number of hydrogen-bond donors (Lipinski definition) is 0. The standard InChI is InChI=1S/C10H15NO2/c1-3-8(9(12)13-4-2)10(7-11)5-6-10/h8H,3-6H2,1-2H3. The van der Waals surface area contributed by atoms with Gasteiger partial charge in [-0.15, -0.1) is 0 Å². The molecule has 0 N–H and O–H groups in total. The smallest absolute Gasteiger partial charge is 0.310 e. The van der Waals surface area contributed by atoms with Crippen molar-refractivity contribution < 1.29 is 9.53 Å². The molecule has 0 aliphatic heterocycles. The number of carbonyl (C=O) groups excluding carboxylic acids is 1. The molecule has 0 saturated heterocycles. The molecule has 0 heterocycles. The number of rotatable bonds is 4. The van der Waals surface area contributed by atoms with Crippen molar-refractivity contribution in [3.05, 3.63) is 0 Å². The van der Waals surface area contributed by atoms with E-state index >= 15 is 0 Å². The highest BCUT2D eigenvalue weighted by Gasteiger charge is 2.52. The van der Waals surface area contributed by atoms with E-state index in [9.17, 15) is 4.79 Å². The maximum Gasteiger partial charge on any atom is 0.310 e. The fourth-order valence-electron chi connectivity index (χ4n) is 1.70. The van der Waals surface area contributed by atoms with Crippen molar-refractivity contribution in [3.63, 3.8) is 0 Å². The Bertz CT molecular complexity index is 238. The second kappa shape index (κ2) is 3.78. The zero-order valence-electron chi connectivity index (χ0n) is 8.17. The average molecular weight is 181 g/mol. The first-order valence-corrected chi connectivity index (χ1v) is 4.78. The Morgan fingerprint density at radius 2 is 2.23 bits per heavy atom. The minimum absolute atomic E-state index is 0.205. The summed E-state index contributed by atoms with van der Waals surface area (Å²) in [4.78, 5) is 11.4. The van der Waals surface area contributed by atoms with E-state index in [0.29, 0.717) is 13.0 Å². The summed E-state index contributed by atoms with van der Waals surface area (Å²) in [5.41, 5.74) is -0.388. The quantitative estimate of drug-likeness (QED) is 0.622. The molecule has 3 heteroatoms. The van der Waals surface area contributed by atoms with Gasteiger partial charge in [0.2, 0.25) is 0 Å². The molecule has 1 aliphatic rings. The molecular weight excluding hydrogens is 166 g/mol. The van der Waals surface area contributed by atoms with E-state index in [0.717, 1.165) is 12.8 Å². The number of carbonyl (C=O) groups is 1. The van der Waals surface area contributed by atoms with Crippen LogP contribution in [0.5, 0.6) is 0 Å². The van der Waals surface area contributed by atoms with Crippen LogP contribution in [0.2, 0.25) is 0 Å². The first kappa shape index (κ1) is 10.0. The maximum atomic E-state index is 11.4. The molecule has 0 spiro atoms. The van der Waals surface area contributed by atoms with Crippen LogP contribution in [0.15, 0.2) is 0 Å². The molecular formula is C10H15NO2. The highest BCUT2D eigenvalue weighted by Crippen LogP contribution is 2.52. The predicted octanol–water partition coefficient (Wildman–Crippen LogP) is 1.88. The van der Waals surface area contributed by atoms with E-state index in [2.05, 4.69) is 6.07 Å². The molecule has 0 bridgehead atoms. The third kappa shape index (κ3) is 1.82. The van der Waals surface area contributed by atoms with Gasteiger partial charge in [0.05, 0.1) is 24.0 Å². The SMILES string of the molecule is CCOC(=O)C(CC)C1(C#N)CC1.